The molecule has 0 aliphatic rings. The van der Waals surface area contributed by atoms with Crippen LogP contribution in [0.4, 0.5) is 5.69 Å². The molecule has 0 saturated heterocycles. The normalized spacial score (nSPS) is 11.0. The van der Waals surface area contributed by atoms with Gasteiger partial charge in [-0.3, -0.25) is 9.59 Å². The Hall–Kier alpha value is -4.86. The minimum atomic E-state index is -0.345. The second kappa shape index (κ2) is 12.6. The molecule has 4 rings (SSSR count). The SMILES string of the molecule is CCOc1ccc(NC(=O)COc2ccc(/C=N\NC(=O)c3ccc4c(c3)nc(C)n4CC)cc2OC)cc1. The number of fused-ring (bicyclic) bond motifs is 1. The number of aryl methyl sites for hydroxylation is 2. The first-order valence-corrected chi connectivity index (χ1v) is 12.6. The summed E-state index contributed by atoms with van der Waals surface area (Å²) in [6.07, 6.45) is 1.50. The lowest BCUT2D eigenvalue weighted by atomic mass is 10.2. The lowest BCUT2D eigenvalue weighted by molar-refractivity contribution is -0.118. The van der Waals surface area contributed by atoms with Crippen molar-refractivity contribution in [3.63, 3.8) is 0 Å². The zero-order valence-corrected chi connectivity index (χ0v) is 22.4. The number of rotatable bonds is 11. The minimum Gasteiger partial charge on any atom is -0.494 e. The molecule has 10 nitrogen and oxygen atoms in total. The van der Waals surface area contributed by atoms with E-state index in [2.05, 4.69) is 32.3 Å². The van der Waals surface area contributed by atoms with Crippen LogP contribution in [0.3, 0.4) is 0 Å². The molecule has 0 aliphatic carbocycles. The van der Waals surface area contributed by atoms with E-state index in [0.29, 0.717) is 34.9 Å². The number of hydrazone groups is 1. The van der Waals surface area contributed by atoms with Crippen LogP contribution in [0.15, 0.2) is 65.8 Å². The Labute approximate surface area is 226 Å². The number of amides is 2. The molecule has 10 heteroatoms. The molecule has 0 fully saturated rings. The predicted octanol–water partition coefficient (Wildman–Crippen LogP) is 4.55. The average Bonchev–Trinajstić information content (AvgIpc) is 3.27. The van der Waals surface area contributed by atoms with Crippen molar-refractivity contribution in [2.24, 2.45) is 5.10 Å². The molecule has 0 radical (unpaired) electrons. The molecule has 3 aromatic carbocycles. The fourth-order valence-corrected chi connectivity index (χ4v) is 4.05. The monoisotopic (exact) mass is 529 g/mol. The zero-order chi connectivity index (χ0) is 27.8. The first kappa shape index (κ1) is 27.2. The molecule has 2 amide bonds. The molecule has 39 heavy (non-hydrogen) atoms. The van der Waals surface area contributed by atoms with Gasteiger partial charge in [0.05, 0.1) is 31.0 Å². The minimum absolute atomic E-state index is 0.201. The zero-order valence-electron chi connectivity index (χ0n) is 22.4. The maximum Gasteiger partial charge on any atom is 0.271 e. The molecule has 0 unspecified atom stereocenters. The van der Waals surface area contributed by atoms with Crippen LogP contribution in [0.25, 0.3) is 11.0 Å². The van der Waals surface area contributed by atoms with E-state index in [0.717, 1.165) is 29.2 Å². The van der Waals surface area contributed by atoms with Gasteiger partial charge in [-0.05, 0) is 87.0 Å². The van der Waals surface area contributed by atoms with Crippen LogP contribution in [0.5, 0.6) is 17.2 Å². The Kier molecular flexibility index (Phi) is 8.78. The van der Waals surface area contributed by atoms with Gasteiger partial charge in [-0.25, -0.2) is 10.4 Å². The Morgan fingerprint density at radius 2 is 1.79 bits per heavy atom. The summed E-state index contributed by atoms with van der Waals surface area (Å²) in [5.41, 5.74) is 6.06. The molecule has 0 saturated carbocycles. The summed E-state index contributed by atoms with van der Waals surface area (Å²) in [4.78, 5) is 29.4. The Bertz CT molecular complexity index is 1490. The molecular weight excluding hydrogens is 498 g/mol. The molecule has 0 atom stereocenters. The Morgan fingerprint density at radius 1 is 1.00 bits per heavy atom. The summed E-state index contributed by atoms with van der Waals surface area (Å²) >= 11 is 0. The summed E-state index contributed by atoms with van der Waals surface area (Å²) in [5, 5.41) is 6.83. The topological polar surface area (TPSA) is 116 Å². The van der Waals surface area contributed by atoms with Crippen LogP contribution in [0.2, 0.25) is 0 Å². The lowest BCUT2D eigenvalue weighted by Crippen LogP contribution is -2.20. The van der Waals surface area contributed by atoms with E-state index in [9.17, 15) is 9.59 Å². The number of anilines is 1. The molecule has 4 aromatic rings. The van der Waals surface area contributed by atoms with Crippen molar-refractivity contribution >= 4 is 34.7 Å². The first-order chi connectivity index (χ1) is 18.9. The molecule has 0 spiro atoms. The highest BCUT2D eigenvalue weighted by atomic mass is 16.5. The molecule has 0 aliphatic heterocycles. The number of nitrogens with one attached hydrogen (secondary N) is 2. The van der Waals surface area contributed by atoms with Crippen LogP contribution in [0.1, 0.15) is 35.6 Å². The van der Waals surface area contributed by atoms with Crippen LogP contribution < -0.4 is 25.0 Å². The third kappa shape index (κ3) is 6.72. The van der Waals surface area contributed by atoms with Gasteiger partial charge in [-0.1, -0.05) is 0 Å². The molecule has 0 bridgehead atoms. The first-order valence-electron chi connectivity index (χ1n) is 12.6. The van der Waals surface area contributed by atoms with Crippen molar-refractivity contribution in [1.29, 1.82) is 0 Å². The molecule has 2 N–H and O–H groups in total. The van der Waals surface area contributed by atoms with Crippen LogP contribution in [-0.2, 0) is 11.3 Å². The third-order valence-corrected chi connectivity index (χ3v) is 5.89. The number of aromatic nitrogens is 2. The quantitative estimate of drug-likeness (QED) is 0.218. The average molecular weight is 530 g/mol. The number of hydrogen-bond donors (Lipinski definition) is 2. The molecule has 1 heterocycles. The highest BCUT2D eigenvalue weighted by Crippen LogP contribution is 2.27. The van der Waals surface area contributed by atoms with Gasteiger partial charge in [0.15, 0.2) is 18.1 Å². The van der Waals surface area contributed by atoms with E-state index in [1.54, 1.807) is 54.6 Å². The number of ether oxygens (including phenoxy) is 3. The third-order valence-electron chi connectivity index (χ3n) is 5.89. The highest BCUT2D eigenvalue weighted by molar-refractivity contribution is 5.98. The van der Waals surface area contributed by atoms with E-state index in [-0.39, 0.29) is 18.4 Å². The van der Waals surface area contributed by atoms with Crippen molar-refractivity contribution in [2.75, 3.05) is 25.6 Å². The number of carbonyl (C=O) groups excluding carboxylic acids is 2. The van der Waals surface area contributed by atoms with Gasteiger partial charge < -0.3 is 24.1 Å². The van der Waals surface area contributed by atoms with E-state index < -0.39 is 0 Å². The van der Waals surface area contributed by atoms with Crippen molar-refractivity contribution in [1.82, 2.24) is 15.0 Å². The van der Waals surface area contributed by atoms with Gasteiger partial charge >= 0.3 is 0 Å². The number of imidazole rings is 1. The largest absolute Gasteiger partial charge is 0.494 e. The van der Waals surface area contributed by atoms with E-state index in [1.165, 1.54) is 13.3 Å². The fourth-order valence-electron chi connectivity index (χ4n) is 4.05. The van der Waals surface area contributed by atoms with E-state index >= 15 is 0 Å². The lowest BCUT2D eigenvalue weighted by Gasteiger charge is -2.12. The van der Waals surface area contributed by atoms with Crippen molar-refractivity contribution in [3.05, 3.63) is 77.6 Å². The number of nitrogens with zero attached hydrogens (tertiary/aromatic N) is 3. The maximum atomic E-state index is 12.6. The smallest absolute Gasteiger partial charge is 0.271 e. The van der Waals surface area contributed by atoms with Crippen molar-refractivity contribution in [3.8, 4) is 17.2 Å². The predicted molar refractivity (Wildman–Crippen MR) is 150 cm³/mol. The van der Waals surface area contributed by atoms with Gasteiger partial charge in [0.25, 0.3) is 11.8 Å². The Morgan fingerprint density at radius 3 is 2.51 bits per heavy atom. The molecule has 202 valence electrons. The van der Waals surface area contributed by atoms with Crippen LogP contribution >= 0.6 is 0 Å². The summed E-state index contributed by atoms with van der Waals surface area (Å²) in [6, 6.07) is 17.6. The molecular formula is C29H31N5O5. The Balaban J connectivity index is 1.33. The van der Waals surface area contributed by atoms with Crippen LogP contribution in [0, 0.1) is 6.92 Å². The number of hydrogen-bond acceptors (Lipinski definition) is 7. The van der Waals surface area contributed by atoms with E-state index in [1.807, 2.05) is 19.9 Å². The summed E-state index contributed by atoms with van der Waals surface area (Å²) in [6.45, 7) is 7.08. The molecule has 1 aromatic heterocycles. The second-order valence-corrected chi connectivity index (χ2v) is 8.51. The van der Waals surface area contributed by atoms with Gasteiger partial charge in [0, 0.05) is 17.8 Å². The number of methoxy groups -OCH3 is 1. The van der Waals surface area contributed by atoms with Crippen LogP contribution in [-0.4, -0.2) is 47.9 Å². The highest BCUT2D eigenvalue weighted by Gasteiger charge is 2.11. The van der Waals surface area contributed by atoms with Gasteiger partial charge in [0.1, 0.15) is 11.6 Å². The number of benzene rings is 3. The van der Waals surface area contributed by atoms with Crippen molar-refractivity contribution < 1.29 is 23.8 Å². The van der Waals surface area contributed by atoms with Gasteiger partial charge in [-0.15, -0.1) is 0 Å². The summed E-state index contributed by atoms with van der Waals surface area (Å²) < 4.78 is 18.5. The second-order valence-electron chi connectivity index (χ2n) is 8.51. The van der Waals surface area contributed by atoms with Crippen molar-refractivity contribution in [2.45, 2.75) is 27.3 Å². The summed E-state index contributed by atoms with van der Waals surface area (Å²) in [5.74, 6) is 1.79. The maximum absolute atomic E-state index is 12.6. The fraction of sp³-hybridized carbons (Fsp3) is 0.241. The summed E-state index contributed by atoms with van der Waals surface area (Å²) in [7, 11) is 1.50. The van der Waals surface area contributed by atoms with Gasteiger partial charge in [-0.2, -0.15) is 5.10 Å². The standard InChI is InChI=1S/C29H31N5O5/c1-5-34-19(3)31-24-16-21(8-13-25(24)34)29(36)33-30-17-20-7-14-26(27(15-20)37-4)39-18-28(35)32-22-9-11-23(12-10-22)38-6-2/h7-17H,5-6,18H2,1-4H3,(H,32,35)(H,33,36)/b30-17-. The van der Waals surface area contributed by atoms with E-state index in [4.69, 9.17) is 14.2 Å². The number of carbonyl (C=O) groups is 2. The van der Waals surface area contributed by atoms with Gasteiger partial charge in [0.2, 0.25) is 0 Å².